The monoisotopic (exact) mass is 399 g/mol. The van der Waals surface area contributed by atoms with Crippen molar-refractivity contribution in [1.82, 2.24) is 10.3 Å². The number of ether oxygens (including phenoxy) is 2. The fourth-order valence-electron chi connectivity index (χ4n) is 2.62. The Balaban J connectivity index is 1.71. The van der Waals surface area contributed by atoms with Crippen molar-refractivity contribution in [1.29, 1.82) is 0 Å². The highest BCUT2D eigenvalue weighted by Gasteiger charge is 2.22. The van der Waals surface area contributed by atoms with Crippen molar-refractivity contribution in [2.45, 2.75) is 39.4 Å². The molecule has 0 aliphatic carbocycles. The number of anilines is 1. The van der Waals surface area contributed by atoms with E-state index in [1.54, 1.807) is 12.1 Å². The zero-order valence-electron chi connectivity index (χ0n) is 16.4. The van der Waals surface area contributed by atoms with Gasteiger partial charge in [-0.3, -0.25) is 4.79 Å². The maximum absolute atomic E-state index is 13.0. The number of carbonyl (C=O) groups is 1. The Morgan fingerprint density at radius 2 is 1.66 bits per heavy atom. The van der Waals surface area contributed by atoms with Crippen LogP contribution in [-0.2, 0) is 4.79 Å². The highest BCUT2D eigenvalue weighted by molar-refractivity contribution is 5.96. The van der Waals surface area contributed by atoms with E-state index in [1.807, 2.05) is 32.9 Å². The van der Waals surface area contributed by atoms with E-state index in [-0.39, 0.29) is 17.7 Å². The standard InChI is InChI=1S/C21H22FN3O4/c1-4-18(28-17-11-7-15(22)8-12-17)21(26)23-20-19(24-29-25-20)14-5-9-16(10-6-14)27-13(2)3/h5-13,18H,4H2,1-3H3,(H,23,25,26)/t18-/m0/s1. The van der Waals surface area contributed by atoms with E-state index >= 15 is 0 Å². The lowest BCUT2D eigenvalue weighted by Crippen LogP contribution is -2.32. The second-order valence-corrected chi connectivity index (χ2v) is 6.61. The van der Waals surface area contributed by atoms with Crippen LogP contribution in [-0.4, -0.2) is 28.4 Å². The van der Waals surface area contributed by atoms with Crippen LogP contribution in [0, 0.1) is 5.82 Å². The molecule has 0 aliphatic heterocycles. The highest BCUT2D eigenvalue weighted by Crippen LogP contribution is 2.27. The molecule has 29 heavy (non-hydrogen) atoms. The van der Waals surface area contributed by atoms with Crippen molar-refractivity contribution in [3.8, 4) is 22.8 Å². The molecule has 0 spiro atoms. The van der Waals surface area contributed by atoms with Crippen LogP contribution in [0.3, 0.4) is 0 Å². The largest absolute Gasteiger partial charge is 0.491 e. The van der Waals surface area contributed by atoms with Gasteiger partial charge in [-0.2, -0.15) is 0 Å². The van der Waals surface area contributed by atoms with Crippen molar-refractivity contribution < 1.29 is 23.3 Å². The molecule has 1 amide bonds. The van der Waals surface area contributed by atoms with Crippen molar-refractivity contribution in [2.75, 3.05) is 5.32 Å². The van der Waals surface area contributed by atoms with Crippen LogP contribution >= 0.6 is 0 Å². The van der Waals surface area contributed by atoms with Gasteiger partial charge in [-0.05, 0) is 79.1 Å². The van der Waals surface area contributed by atoms with Gasteiger partial charge in [0.1, 0.15) is 17.3 Å². The van der Waals surface area contributed by atoms with Crippen molar-refractivity contribution in [2.24, 2.45) is 0 Å². The van der Waals surface area contributed by atoms with Gasteiger partial charge in [0, 0.05) is 5.56 Å². The first-order chi connectivity index (χ1) is 14.0. The Hall–Kier alpha value is -3.42. The minimum atomic E-state index is -0.785. The van der Waals surface area contributed by atoms with Crippen LogP contribution in [0.4, 0.5) is 10.2 Å². The molecule has 1 atom stereocenters. The molecule has 7 nitrogen and oxygen atoms in total. The maximum Gasteiger partial charge on any atom is 0.266 e. The second kappa shape index (κ2) is 9.18. The van der Waals surface area contributed by atoms with Crippen LogP contribution < -0.4 is 14.8 Å². The van der Waals surface area contributed by atoms with Crippen molar-refractivity contribution in [3.63, 3.8) is 0 Å². The molecule has 0 radical (unpaired) electrons. The van der Waals surface area contributed by atoms with Gasteiger partial charge >= 0.3 is 0 Å². The number of hydrogen-bond acceptors (Lipinski definition) is 6. The summed E-state index contributed by atoms with van der Waals surface area (Å²) in [7, 11) is 0. The number of rotatable bonds is 8. The van der Waals surface area contributed by atoms with E-state index in [2.05, 4.69) is 15.6 Å². The molecule has 0 saturated heterocycles. The first-order valence-corrected chi connectivity index (χ1v) is 9.29. The Bertz CT molecular complexity index is 939. The van der Waals surface area contributed by atoms with Gasteiger partial charge in [-0.15, -0.1) is 0 Å². The van der Waals surface area contributed by atoms with Crippen molar-refractivity contribution in [3.05, 3.63) is 54.3 Å². The number of amides is 1. The van der Waals surface area contributed by atoms with Gasteiger partial charge in [-0.1, -0.05) is 6.92 Å². The smallest absolute Gasteiger partial charge is 0.266 e. The SMILES string of the molecule is CC[C@H](Oc1ccc(F)cc1)C(=O)Nc1nonc1-c1ccc(OC(C)C)cc1. The van der Waals surface area contributed by atoms with E-state index < -0.39 is 12.0 Å². The fourth-order valence-corrected chi connectivity index (χ4v) is 2.62. The maximum atomic E-state index is 13.0. The number of nitrogens with zero attached hydrogens (tertiary/aromatic N) is 2. The number of aromatic nitrogens is 2. The van der Waals surface area contributed by atoms with Crippen molar-refractivity contribution >= 4 is 11.7 Å². The first-order valence-electron chi connectivity index (χ1n) is 9.29. The molecule has 0 unspecified atom stereocenters. The molecule has 0 aliphatic rings. The minimum Gasteiger partial charge on any atom is -0.491 e. The van der Waals surface area contributed by atoms with Crippen LogP contribution in [0.2, 0.25) is 0 Å². The summed E-state index contributed by atoms with van der Waals surface area (Å²) < 4.78 is 29.1. The van der Waals surface area contributed by atoms with E-state index in [0.29, 0.717) is 23.4 Å². The average Bonchev–Trinajstić information content (AvgIpc) is 3.15. The topological polar surface area (TPSA) is 86.5 Å². The molecule has 2 aromatic carbocycles. The summed E-state index contributed by atoms with van der Waals surface area (Å²) in [6.45, 7) is 5.70. The molecule has 0 fully saturated rings. The Morgan fingerprint density at radius 3 is 2.28 bits per heavy atom. The first kappa shape index (κ1) is 20.3. The van der Waals surface area contributed by atoms with Gasteiger partial charge < -0.3 is 14.8 Å². The van der Waals surface area contributed by atoms with Gasteiger partial charge in [0.2, 0.25) is 5.82 Å². The molecule has 0 bridgehead atoms. The van der Waals surface area contributed by atoms with Gasteiger partial charge in [0.15, 0.2) is 11.8 Å². The lowest BCUT2D eigenvalue weighted by Gasteiger charge is -2.16. The predicted molar refractivity (Wildman–Crippen MR) is 105 cm³/mol. The summed E-state index contributed by atoms with van der Waals surface area (Å²) in [6, 6.07) is 12.7. The Kier molecular flexibility index (Phi) is 6.43. The summed E-state index contributed by atoms with van der Waals surface area (Å²) in [5.41, 5.74) is 1.11. The molecule has 1 heterocycles. The molecular formula is C21H22FN3O4. The summed E-state index contributed by atoms with van der Waals surface area (Å²) in [6.07, 6.45) is -0.311. The van der Waals surface area contributed by atoms with E-state index in [4.69, 9.17) is 14.1 Å². The number of nitrogens with one attached hydrogen (secondary N) is 1. The summed E-state index contributed by atoms with van der Waals surface area (Å²) in [5, 5.41) is 10.4. The van der Waals surface area contributed by atoms with E-state index in [0.717, 1.165) is 5.75 Å². The lowest BCUT2D eigenvalue weighted by atomic mass is 10.1. The van der Waals surface area contributed by atoms with Gasteiger partial charge in [-0.25, -0.2) is 9.02 Å². The molecule has 1 aromatic heterocycles. The summed E-state index contributed by atoms with van der Waals surface area (Å²) >= 11 is 0. The quantitative estimate of drug-likeness (QED) is 0.602. The molecule has 3 rings (SSSR count). The van der Waals surface area contributed by atoms with E-state index in [1.165, 1.54) is 24.3 Å². The van der Waals surface area contributed by atoms with Gasteiger partial charge in [0.05, 0.1) is 6.10 Å². The predicted octanol–water partition coefficient (Wildman–Crippen LogP) is 4.46. The number of halogens is 1. The average molecular weight is 399 g/mol. The second-order valence-electron chi connectivity index (χ2n) is 6.61. The summed E-state index contributed by atoms with van der Waals surface area (Å²) in [5.74, 6) is 0.525. The highest BCUT2D eigenvalue weighted by atomic mass is 19.1. The van der Waals surface area contributed by atoms with Gasteiger partial charge in [0.25, 0.3) is 5.91 Å². The normalized spacial score (nSPS) is 11.9. The molecule has 152 valence electrons. The zero-order chi connectivity index (χ0) is 20.8. The van der Waals surface area contributed by atoms with E-state index in [9.17, 15) is 9.18 Å². The zero-order valence-corrected chi connectivity index (χ0v) is 16.4. The third-order valence-electron chi connectivity index (χ3n) is 3.98. The fraction of sp³-hybridized carbons (Fsp3) is 0.286. The number of benzene rings is 2. The molecule has 1 N–H and O–H groups in total. The number of hydrogen-bond donors (Lipinski definition) is 1. The Morgan fingerprint density at radius 1 is 1.03 bits per heavy atom. The minimum absolute atomic E-state index is 0.0662. The van der Waals surface area contributed by atoms with Crippen LogP contribution in [0.15, 0.2) is 53.2 Å². The molecule has 8 heteroatoms. The third kappa shape index (κ3) is 5.31. The number of carbonyl (C=O) groups excluding carboxylic acids is 1. The van der Waals surface area contributed by atoms with Crippen LogP contribution in [0.25, 0.3) is 11.3 Å². The Labute approximate surface area is 167 Å². The molecular weight excluding hydrogens is 377 g/mol. The molecule has 0 saturated carbocycles. The summed E-state index contributed by atoms with van der Waals surface area (Å²) in [4.78, 5) is 12.6. The third-order valence-corrected chi connectivity index (χ3v) is 3.98. The van der Waals surface area contributed by atoms with Crippen LogP contribution in [0.5, 0.6) is 11.5 Å². The lowest BCUT2D eigenvalue weighted by molar-refractivity contribution is -0.122. The molecule has 3 aromatic rings. The van der Waals surface area contributed by atoms with Crippen LogP contribution in [0.1, 0.15) is 27.2 Å².